The first-order valence-corrected chi connectivity index (χ1v) is 11.6. The summed E-state index contributed by atoms with van der Waals surface area (Å²) in [6, 6.07) is 0. The number of aliphatic hydroxyl groups is 2. The highest BCUT2D eigenvalue weighted by Gasteiger charge is 2.39. The molecule has 2 fully saturated rings. The van der Waals surface area contributed by atoms with E-state index in [1.54, 1.807) is 4.57 Å². The van der Waals surface area contributed by atoms with Crippen LogP contribution in [0.25, 0.3) is 11.2 Å². The fraction of sp³-hybridized carbons (Fsp3) is 0.667. The van der Waals surface area contributed by atoms with Crippen LogP contribution in [0.1, 0.15) is 19.1 Å². The molecule has 4 rings (SSSR count). The Bertz CT molecular complexity index is 916. The Hall–Kier alpha value is -1.28. The van der Waals surface area contributed by atoms with E-state index in [-0.39, 0.29) is 25.5 Å². The summed E-state index contributed by atoms with van der Waals surface area (Å²) in [5.41, 5.74) is 6.69. The first-order chi connectivity index (χ1) is 13.9. The average Bonchev–Trinajstić information content (AvgIpc) is 3.38. The summed E-state index contributed by atoms with van der Waals surface area (Å²) in [6.07, 6.45) is 0.0847. The van der Waals surface area contributed by atoms with Gasteiger partial charge in [0.15, 0.2) is 11.5 Å². The summed E-state index contributed by atoms with van der Waals surface area (Å²) in [5, 5.41) is 19.4. The van der Waals surface area contributed by atoms with Gasteiger partial charge < -0.3 is 39.4 Å². The van der Waals surface area contributed by atoms with Crippen molar-refractivity contribution >= 4 is 35.5 Å². The highest BCUT2D eigenvalue weighted by molar-refractivity contribution is 8.06. The molecule has 2 saturated heterocycles. The van der Waals surface area contributed by atoms with Gasteiger partial charge in [0.05, 0.1) is 31.7 Å². The first-order valence-electron chi connectivity index (χ1n) is 9.01. The third kappa shape index (κ3) is 4.43. The molecule has 0 saturated carbocycles. The minimum absolute atomic E-state index is 0.148. The molecule has 29 heavy (non-hydrogen) atoms. The van der Waals surface area contributed by atoms with E-state index < -0.39 is 37.4 Å². The van der Waals surface area contributed by atoms with E-state index in [1.807, 2.05) is 0 Å². The van der Waals surface area contributed by atoms with Crippen LogP contribution in [0.15, 0.2) is 12.7 Å². The molecule has 0 spiro atoms. The van der Waals surface area contributed by atoms with Crippen LogP contribution in [0.3, 0.4) is 0 Å². The van der Waals surface area contributed by atoms with Crippen LogP contribution in [-0.2, 0) is 30.3 Å². The molecule has 14 heteroatoms. The molecule has 160 valence electrons. The summed E-state index contributed by atoms with van der Waals surface area (Å²) < 4.78 is 23.5. The van der Waals surface area contributed by atoms with Gasteiger partial charge in [0.2, 0.25) is 0 Å². The van der Waals surface area contributed by atoms with E-state index >= 15 is 0 Å². The number of aromatic nitrogens is 4. The summed E-state index contributed by atoms with van der Waals surface area (Å²) in [7, 11) is 0. The summed E-state index contributed by atoms with van der Waals surface area (Å²) in [5.74, 6) is 0.234. The topological polar surface area (TPSA) is 170 Å². The number of aliphatic hydroxyl groups excluding tert-OH is 2. The lowest BCUT2D eigenvalue weighted by atomic mass is 10.2. The van der Waals surface area contributed by atoms with Crippen LogP contribution >= 0.6 is 6.72 Å². The van der Waals surface area contributed by atoms with Gasteiger partial charge in [-0.3, -0.25) is 4.57 Å². The lowest BCUT2D eigenvalue weighted by Gasteiger charge is -2.32. The quantitative estimate of drug-likeness (QED) is 0.436. The third-order valence-electron chi connectivity index (χ3n) is 4.89. The normalized spacial score (nSPS) is 32.0. The smallest absolute Gasteiger partial charge is 0.167 e. The predicted molar refractivity (Wildman–Crippen MR) is 101 cm³/mol. The largest absolute Gasteiger partial charge is 0.780 e. The molecular weight excluding hydrogens is 425 g/mol. The van der Waals surface area contributed by atoms with Crippen molar-refractivity contribution in [1.82, 2.24) is 19.5 Å². The maximum absolute atomic E-state index is 12.6. The second kappa shape index (κ2) is 8.46. The van der Waals surface area contributed by atoms with E-state index in [9.17, 15) is 15.1 Å². The molecule has 0 radical (unpaired) electrons. The van der Waals surface area contributed by atoms with Crippen LogP contribution in [0.4, 0.5) is 5.82 Å². The Morgan fingerprint density at radius 2 is 2.21 bits per heavy atom. The Labute approximate surface area is 170 Å². The van der Waals surface area contributed by atoms with Crippen molar-refractivity contribution in [2.75, 3.05) is 25.6 Å². The number of nitrogen functional groups attached to an aromatic ring is 1. The van der Waals surface area contributed by atoms with Crippen molar-refractivity contribution < 1.29 is 33.6 Å². The number of ether oxygens (including phenoxy) is 2. The Morgan fingerprint density at radius 1 is 1.38 bits per heavy atom. The molecule has 0 bridgehead atoms. The van der Waals surface area contributed by atoms with Crippen LogP contribution in [0.2, 0.25) is 0 Å². The fourth-order valence-electron chi connectivity index (χ4n) is 3.38. The molecule has 4 heterocycles. The molecule has 0 amide bonds. The van der Waals surface area contributed by atoms with Gasteiger partial charge >= 0.3 is 0 Å². The summed E-state index contributed by atoms with van der Waals surface area (Å²) in [4.78, 5) is 24.8. The van der Waals surface area contributed by atoms with Crippen molar-refractivity contribution in [2.45, 2.75) is 43.5 Å². The van der Waals surface area contributed by atoms with Gasteiger partial charge in [0.1, 0.15) is 37.0 Å². The molecule has 6 atom stereocenters. The third-order valence-corrected chi connectivity index (χ3v) is 6.46. The Morgan fingerprint density at radius 3 is 2.93 bits per heavy atom. The number of anilines is 1. The maximum atomic E-state index is 12.6. The summed E-state index contributed by atoms with van der Waals surface area (Å²) >= 11 is 4.97. The van der Waals surface area contributed by atoms with E-state index in [0.717, 1.165) is 0 Å². The second-order valence-electron chi connectivity index (χ2n) is 6.78. The number of hydrogen-bond donors (Lipinski definition) is 3. The van der Waals surface area contributed by atoms with Crippen molar-refractivity contribution in [3.63, 3.8) is 0 Å². The minimum Gasteiger partial charge on any atom is -0.780 e. The fourth-order valence-corrected chi connectivity index (χ4v) is 4.84. The molecule has 0 aromatic carbocycles. The maximum Gasteiger partial charge on any atom is 0.167 e. The van der Waals surface area contributed by atoms with Crippen LogP contribution in [0.5, 0.6) is 0 Å². The van der Waals surface area contributed by atoms with Crippen molar-refractivity contribution in [3.05, 3.63) is 12.7 Å². The van der Waals surface area contributed by atoms with Gasteiger partial charge in [0, 0.05) is 13.0 Å². The minimum atomic E-state index is -3.90. The van der Waals surface area contributed by atoms with E-state index in [4.69, 9.17) is 36.1 Å². The number of rotatable bonds is 7. The van der Waals surface area contributed by atoms with Gasteiger partial charge in [-0.25, -0.2) is 15.0 Å². The highest BCUT2D eigenvalue weighted by atomic mass is 32.5. The van der Waals surface area contributed by atoms with Gasteiger partial charge in [-0.1, -0.05) is 11.8 Å². The zero-order valence-electron chi connectivity index (χ0n) is 15.2. The van der Waals surface area contributed by atoms with Crippen LogP contribution < -0.4 is 10.6 Å². The molecule has 0 aliphatic carbocycles. The standard InChI is InChI=1S/C15H22N5O7PS/c16-14-13-15(18-6-17-14)20(7-19-13)12-3-9(10(4-21)26-12)27-28(23,29)25-5-11-8(22)1-2-24-11/h6-12,21-22H,1-5H2,(H,23,29)(H2,16,17,18)/p-1/t8?,9?,10-,11-,12-,28?/m1/s1. The number of fused-ring (bicyclic) bond motifs is 1. The number of nitrogens with zero attached hydrogens (tertiary/aromatic N) is 4. The monoisotopic (exact) mass is 446 g/mol. The molecule has 4 N–H and O–H groups in total. The Balaban J connectivity index is 1.43. The van der Waals surface area contributed by atoms with Gasteiger partial charge in [0.25, 0.3) is 0 Å². The molecular formula is C15H21N5O7PS-. The SMILES string of the molecule is Nc1ncnc2c1ncn2[C@H]1CC(OP([O-])(=S)OC[C@H]2OCCC2O)[C@@H](CO)O1. The lowest BCUT2D eigenvalue weighted by molar-refractivity contribution is -0.215. The number of imidazole rings is 1. The zero-order chi connectivity index (χ0) is 20.6. The highest BCUT2D eigenvalue weighted by Crippen LogP contribution is 2.46. The van der Waals surface area contributed by atoms with Gasteiger partial charge in [-0.2, -0.15) is 0 Å². The number of hydrogen-bond acceptors (Lipinski definition) is 12. The van der Waals surface area contributed by atoms with Crippen LogP contribution in [0, 0.1) is 0 Å². The number of nitrogens with two attached hydrogens (primary N) is 1. The molecule has 2 aliphatic heterocycles. The molecule has 3 unspecified atom stereocenters. The van der Waals surface area contributed by atoms with Crippen molar-refractivity contribution in [1.29, 1.82) is 0 Å². The van der Waals surface area contributed by atoms with Crippen molar-refractivity contribution in [2.24, 2.45) is 0 Å². The second-order valence-corrected chi connectivity index (χ2v) is 9.49. The Kier molecular flexibility index (Phi) is 6.11. The zero-order valence-corrected chi connectivity index (χ0v) is 16.9. The average molecular weight is 446 g/mol. The predicted octanol–water partition coefficient (Wildman–Crippen LogP) is -1.18. The van der Waals surface area contributed by atoms with E-state index in [1.165, 1.54) is 12.7 Å². The van der Waals surface area contributed by atoms with Gasteiger partial charge in [-0.15, -0.1) is 0 Å². The first kappa shape index (κ1) is 21.0. The van der Waals surface area contributed by atoms with Crippen molar-refractivity contribution in [3.8, 4) is 0 Å². The summed E-state index contributed by atoms with van der Waals surface area (Å²) in [6.45, 7) is -4.02. The molecule has 12 nitrogen and oxygen atoms in total. The lowest BCUT2D eigenvalue weighted by Crippen LogP contribution is -2.31. The molecule has 2 aromatic rings. The van der Waals surface area contributed by atoms with E-state index in [0.29, 0.717) is 24.2 Å². The van der Waals surface area contributed by atoms with Gasteiger partial charge in [-0.05, 0) is 6.42 Å². The molecule has 2 aliphatic rings. The van der Waals surface area contributed by atoms with E-state index in [2.05, 4.69) is 15.0 Å². The van der Waals surface area contributed by atoms with Crippen LogP contribution in [-0.4, -0.2) is 74.0 Å². The molecule has 2 aromatic heterocycles.